The van der Waals surface area contributed by atoms with Crippen LogP contribution in [0.5, 0.6) is 0 Å². The molecule has 1 fully saturated rings. The summed E-state index contributed by atoms with van der Waals surface area (Å²) in [6, 6.07) is 16.2. The molecule has 1 aliphatic carbocycles. The van der Waals surface area contributed by atoms with Crippen LogP contribution in [-0.4, -0.2) is 5.91 Å². The van der Waals surface area contributed by atoms with E-state index < -0.39 is 0 Å². The van der Waals surface area contributed by atoms with Crippen LogP contribution in [0.2, 0.25) is 0 Å². The summed E-state index contributed by atoms with van der Waals surface area (Å²) >= 11 is 3.46. The molecule has 0 spiro atoms. The monoisotopic (exact) mass is 371 g/mol. The van der Waals surface area contributed by atoms with Crippen molar-refractivity contribution in [3.05, 3.63) is 69.7 Å². The van der Waals surface area contributed by atoms with Gasteiger partial charge in [-0.15, -0.1) is 0 Å². The van der Waals surface area contributed by atoms with Gasteiger partial charge in [-0.3, -0.25) is 4.79 Å². The first-order valence-corrected chi connectivity index (χ1v) is 8.79. The molecule has 0 aliphatic heterocycles. The zero-order valence-corrected chi connectivity index (χ0v) is 15.4. The number of nitrogens with one attached hydrogen (secondary N) is 1. The van der Waals surface area contributed by atoms with Crippen molar-refractivity contribution in [1.29, 1.82) is 0 Å². The summed E-state index contributed by atoms with van der Waals surface area (Å²) in [7, 11) is 0. The third-order valence-corrected chi connectivity index (χ3v) is 5.04. The summed E-state index contributed by atoms with van der Waals surface area (Å²) in [4.78, 5) is 12.6. The molecule has 3 rings (SSSR count). The first-order chi connectivity index (χ1) is 10.8. The van der Waals surface area contributed by atoms with Crippen LogP contribution in [0.15, 0.2) is 53.0 Å². The highest BCUT2D eigenvalue weighted by atomic mass is 79.9. The molecule has 120 valence electrons. The van der Waals surface area contributed by atoms with E-state index in [1.807, 2.05) is 36.4 Å². The van der Waals surface area contributed by atoms with Crippen LogP contribution in [0.4, 0.5) is 0 Å². The van der Waals surface area contributed by atoms with Crippen molar-refractivity contribution in [2.75, 3.05) is 0 Å². The minimum absolute atomic E-state index is 0.00544. The summed E-state index contributed by atoms with van der Waals surface area (Å²) < 4.78 is 1.06. The number of rotatable bonds is 3. The highest BCUT2D eigenvalue weighted by Crippen LogP contribution is 2.45. The molecule has 1 saturated carbocycles. The second-order valence-corrected chi connectivity index (χ2v) is 8.29. The number of benzene rings is 2. The molecule has 2 nitrogen and oxygen atoms in total. The fraction of sp³-hybridized carbons (Fsp3) is 0.350. The zero-order valence-electron chi connectivity index (χ0n) is 13.8. The molecule has 1 aliphatic rings. The molecular formula is C20H22BrNO. The van der Waals surface area contributed by atoms with E-state index in [0.717, 1.165) is 22.9 Å². The Balaban J connectivity index is 1.75. The normalized spacial score (nSPS) is 16.0. The summed E-state index contributed by atoms with van der Waals surface area (Å²) in [6.45, 7) is 6.53. The van der Waals surface area contributed by atoms with Crippen molar-refractivity contribution in [1.82, 2.24) is 5.32 Å². The Morgan fingerprint density at radius 3 is 2.04 bits per heavy atom. The Hall–Kier alpha value is -1.61. The molecule has 0 radical (unpaired) electrons. The number of hydrogen-bond donors (Lipinski definition) is 1. The third-order valence-electron chi connectivity index (χ3n) is 4.51. The van der Waals surface area contributed by atoms with E-state index in [2.05, 4.69) is 54.2 Å². The lowest BCUT2D eigenvalue weighted by molar-refractivity contribution is 0.0931. The molecule has 0 bridgehead atoms. The molecule has 0 heterocycles. The highest BCUT2D eigenvalue weighted by Gasteiger charge is 2.45. The van der Waals surface area contributed by atoms with Crippen LogP contribution in [0.1, 0.15) is 55.1 Å². The Labute approximate surface area is 146 Å². The van der Waals surface area contributed by atoms with Crippen molar-refractivity contribution in [3.63, 3.8) is 0 Å². The Morgan fingerprint density at radius 2 is 1.57 bits per heavy atom. The maximum atomic E-state index is 12.6. The molecule has 0 atom stereocenters. The predicted molar refractivity (Wildman–Crippen MR) is 97.7 cm³/mol. The van der Waals surface area contributed by atoms with E-state index in [4.69, 9.17) is 0 Å². The summed E-state index contributed by atoms with van der Waals surface area (Å²) in [5.41, 5.74) is 3.06. The molecule has 2 aromatic rings. The van der Waals surface area contributed by atoms with E-state index in [9.17, 15) is 4.79 Å². The van der Waals surface area contributed by atoms with Gasteiger partial charge in [0, 0.05) is 10.0 Å². The summed E-state index contributed by atoms with van der Waals surface area (Å²) in [5.74, 6) is 0.00544. The van der Waals surface area contributed by atoms with Crippen LogP contribution < -0.4 is 5.32 Å². The standard InChI is InChI=1S/C20H22BrNO/c1-19(2,3)15-6-4-14(5-7-15)18(23)22-20(12-13-20)16-8-10-17(21)11-9-16/h4-11H,12-13H2,1-3H3,(H,22,23). The molecule has 23 heavy (non-hydrogen) atoms. The van der Waals surface area contributed by atoms with Gasteiger partial charge in [0.25, 0.3) is 5.91 Å². The van der Waals surface area contributed by atoms with Gasteiger partial charge < -0.3 is 5.32 Å². The van der Waals surface area contributed by atoms with Gasteiger partial charge in [-0.05, 0) is 53.6 Å². The van der Waals surface area contributed by atoms with Crippen LogP contribution in [0.3, 0.4) is 0 Å². The zero-order chi connectivity index (χ0) is 16.7. The van der Waals surface area contributed by atoms with Crippen LogP contribution in [-0.2, 0) is 11.0 Å². The van der Waals surface area contributed by atoms with E-state index in [0.29, 0.717) is 0 Å². The van der Waals surface area contributed by atoms with Gasteiger partial charge in [0.15, 0.2) is 0 Å². The Morgan fingerprint density at radius 1 is 1.00 bits per heavy atom. The van der Waals surface area contributed by atoms with Crippen molar-refractivity contribution in [2.24, 2.45) is 0 Å². The van der Waals surface area contributed by atoms with Gasteiger partial charge in [0.05, 0.1) is 5.54 Å². The maximum Gasteiger partial charge on any atom is 0.251 e. The maximum absolute atomic E-state index is 12.6. The molecule has 0 unspecified atom stereocenters. The number of hydrogen-bond acceptors (Lipinski definition) is 1. The molecule has 1 N–H and O–H groups in total. The molecule has 3 heteroatoms. The van der Waals surface area contributed by atoms with E-state index >= 15 is 0 Å². The average molecular weight is 372 g/mol. The second kappa shape index (κ2) is 5.79. The molecule has 0 aromatic heterocycles. The van der Waals surface area contributed by atoms with E-state index in [1.54, 1.807) is 0 Å². The van der Waals surface area contributed by atoms with E-state index in [1.165, 1.54) is 11.1 Å². The fourth-order valence-corrected chi connectivity index (χ4v) is 3.06. The first kappa shape index (κ1) is 16.3. The van der Waals surface area contributed by atoms with Gasteiger partial charge in [0.1, 0.15) is 0 Å². The van der Waals surface area contributed by atoms with Crippen LogP contribution in [0.25, 0.3) is 0 Å². The molecular weight excluding hydrogens is 350 g/mol. The lowest BCUT2D eigenvalue weighted by atomic mass is 9.86. The topological polar surface area (TPSA) is 29.1 Å². The van der Waals surface area contributed by atoms with Crippen molar-refractivity contribution < 1.29 is 4.79 Å². The van der Waals surface area contributed by atoms with Gasteiger partial charge in [0.2, 0.25) is 0 Å². The van der Waals surface area contributed by atoms with Crippen molar-refractivity contribution in [2.45, 2.75) is 44.6 Å². The van der Waals surface area contributed by atoms with Gasteiger partial charge in [-0.1, -0.05) is 61.0 Å². The van der Waals surface area contributed by atoms with Crippen molar-refractivity contribution in [3.8, 4) is 0 Å². The van der Waals surface area contributed by atoms with Gasteiger partial charge >= 0.3 is 0 Å². The highest BCUT2D eigenvalue weighted by molar-refractivity contribution is 9.10. The first-order valence-electron chi connectivity index (χ1n) is 7.99. The average Bonchev–Trinajstić information content (AvgIpc) is 3.28. The van der Waals surface area contributed by atoms with Gasteiger partial charge in [-0.2, -0.15) is 0 Å². The van der Waals surface area contributed by atoms with Crippen molar-refractivity contribution >= 4 is 21.8 Å². The summed E-state index contributed by atoms with van der Waals surface area (Å²) in [5, 5.41) is 3.22. The van der Waals surface area contributed by atoms with E-state index in [-0.39, 0.29) is 16.9 Å². The minimum atomic E-state index is -0.180. The number of carbonyl (C=O) groups is 1. The Bertz CT molecular complexity index is 707. The smallest absolute Gasteiger partial charge is 0.251 e. The summed E-state index contributed by atoms with van der Waals surface area (Å²) in [6.07, 6.45) is 2.00. The Kier molecular flexibility index (Phi) is 4.09. The quantitative estimate of drug-likeness (QED) is 0.792. The fourth-order valence-electron chi connectivity index (χ4n) is 2.79. The predicted octanol–water partition coefficient (Wildman–Crippen LogP) is 5.17. The minimum Gasteiger partial charge on any atom is -0.343 e. The lowest BCUT2D eigenvalue weighted by Gasteiger charge is -2.20. The molecule has 2 aromatic carbocycles. The second-order valence-electron chi connectivity index (χ2n) is 7.37. The van der Waals surface area contributed by atoms with Crippen LogP contribution in [0, 0.1) is 0 Å². The SMILES string of the molecule is CC(C)(C)c1ccc(C(=O)NC2(c3ccc(Br)cc3)CC2)cc1. The largest absolute Gasteiger partial charge is 0.343 e. The molecule has 0 saturated heterocycles. The number of halogens is 1. The third kappa shape index (κ3) is 3.50. The number of carbonyl (C=O) groups excluding carboxylic acids is 1. The van der Waals surface area contributed by atoms with Gasteiger partial charge in [-0.25, -0.2) is 0 Å². The molecule has 1 amide bonds. The lowest BCUT2D eigenvalue weighted by Crippen LogP contribution is -2.34. The number of amides is 1. The van der Waals surface area contributed by atoms with Crippen LogP contribution >= 0.6 is 15.9 Å².